The molecule has 119 heavy (non-hydrogen) atoms. The lowest BCUT2D eigenvalue weighted by Gasteiger charge is -2.17. The summed E-state index contributed by atoms with van der Waals surface area (Å²) in [6.07, 6.45) is 7.82. The number of hydrogen-bond donors (Lipinski definition) is 6. The largest absolute Gasteiger partial charge is 0.376 e. The monoisotopic (exact) mass is 1690 g/mol. The van der Waals surface area contributed by atoms with Crippen molar-refractivity contribution in [2.24, 2.45) is 35.0 Å². The molecule has 0 bridgehead atoms. The number of amides is 4. The zero-order valence-electron chi connectivity index (χ0n) is 87.0. The molecule has 14 heteroatoms. The van der Waals surface area contributed by atoms with Crippen LogP contribution < -0.4 is 31.9 Å². The van der Waals surface area contributed by atoms with Crippen LogP contribution in [0.5, 0.6) is 0 Å². The third-order valence-electron chi connectivity index (χ3n) is 11.1. The van der Waals surface area contributed by atoms with Crippen molar-refractivity contribution in [3.05, 3.63) is 199 Å². The lowest BCUT2D eigenvalue weighted by Crippen LogP contribution is -2.35. The minimum atomic E-state index is -0.295. The zero-order chi connectivity index (χ0) is 96.7. The highest BCUT2D eigenvalue weighted by atomic mass is 32.1. The van der Waals surface area contributed by atoms with E-state index in [4.69, 9.17) is 12.2 Å². The standard InChI is InChI=1S/C13H16N2.C13H19NO.2C11H15NO.C11H15NS.C9H13N3O.18C2H6.CH4/c1-10(2)9-15-13-12-6-4-3-5-11(12)7-8-14-13;1-13(2,3)12(15)14-10-9-11-7-5-4-6-8-11;1-9(2)8-12-11(13)10-6-4-3-5-7-10;1-9(2)8-11(13)12-10-6-4-3-5-7-10;1-9(2)8-12-11(13)10-6-4-3-5-7-10;1-7(2)5-12-9(13)8-6-10-3-4-11-8;18*1-2;/h3-8,10H,9H2,1-2H3,(H,14,15);4-8H,9-10H2,1-3H3,(H,14,15);3*3-7,9H,8H2,1-2H3,(H,12,13);3-4,6-7H,5H2,1-2H3,(H,12,13);18*1-2H3;1H4. The number of fused-ring (bicyclic) bond motifs is 1. The number of hydrogen-bond acceptors (Lipinski definition) is 9. The summed E-state index contributed by atoms with van der Waals surface area (Å²) in [4.78, 5) is 58.5. The predicted molar refractivity (Wildman–Crippen MR) is 557 cm³/mol. The highest BCUT2D eigenvalue weighted by Crippen LogP contribution is 2.20. The van der Waals surface area contributed by atoms with Gasteiger partial charge in [-0.25, -0.2) is 9.97 Å². The van der Waals surface area contributed by atoms with Gasteiger partial charge >= 0.3 is 0 Å². The minimum absolute atomic E-state index is 0. The maximum absolute atomic E-state index is 11.5. The molecule has 0 radical (unpaired) electrons. The van der Waals surface area contributed by atoms with E-state index in [9.17, 15) is 19.2 Å². The summed E-state index contributed by atoms with van der Waals surface area (Å²) in [5.41, 5.74) is 4.01. The molecule has 0 fully saturated rings. The summed E-state index contributed by atoms with van der Waals surface area (Å²) in [7, 11) is 0. The fourth-order valence-corrected chi connectivity index (χ4v) is 6.90. The van der Waals surface area contributed by atoms with Crippen molar-refractivity contribution in [3.63, 3.8) is 0 Å². The molecule has 7 rings (SSSR count). The Hall–Kier alpha value is -7.84. The lowest BCUT2D eigenvalue weighted by atomic mass is 9.95. The van der Waals surface area contributed by atoms with Gasteiger partial charge in [0, 0.05) is 85.4 Å². The summed E-state index contributed by atoms with van der Waals surface area (Å²) in [5, 5.41) is 20.4. The SMILES string of the molecule is C.CC.CC.CC.CC.CC.CC.CC.CC.CC.CC.CC.CC.CC.CC.CC.CC.CC.CC.CC(C)(C)C(=O)NCCc1ccccc1.CC(C)CC(=O)Nc1ccccc1.CC(C)CNC(=O)c1ccccc1.CC(C)CNC(=O)c1cnccn1.CC(C)CNC(=S)c1ccccc1.CC(C)CNc1nccc2ccccc12. The molecule has 13 nitrogen and oxygen atoms in total. The summed E-state index contributed by atoms with van der Waals surface area (Å²) in [6, 6.07) is 49.3. The molecule has 0 unspecified atom stereocenters. The number of nitrogens with one attached hydrogen (secondary N) is 6. The van der Waals surface area contributed by atoms with Crippen LogP contribution in [-0.4, -0.2) is 76.3 Å². The summed E-state index contributed by atoms with van der Waals surface area (Å²) in [6.45, 7) is 103. The number of benzene rings is 5. The van der Waals surface area contributed by atoms with Crippen molar-refractivity contribution in [2.45, 2.75) is 360 Å². The first-order valence-electron chi connectivity index (χ1n) is 46.5. The molecule has 0 spiro atoms. The number of pyridine rings is 1. The van der Waals surface area contributed by atoms with E-state index in [1.54, 1.807) is 6.20 Å². The highest BCUT2D eigenvalue weighted by Gasteiger charge is 2.20. The van der Waals surface area contributed by atoms with E-state index in [-0.39, 0.29) is 36.5 Å². The van der Waals surface area contributed by atoms with Crippen molar-refractivity contribution in [3.8, 4) is 0 Å². The number of nitrogens with zero attached hydrogens (tertiary/aromatic N) is 3. The molecule has 7 aromatic rings. The second-order valence-electron chi connectivity index (χ2n) is 22.5. The topological polar surface area (TPSA) is 179 Å². The highest BCUT2D eigenvalue weighted by molar-refractivity contribution is 7.80. The van der Waals surface area contributed by atoms with Gasteiger partial charge in [-0.05, 0) is 77.3 Å². The summed E-state index contributed by atoms with van der Waals surface area (Å²) in [5.74, 6) is 3.63. The Bertz CT molecular complexity index is 2710. The molecule has 0 aliphatic rings. The third kappa shape index (κ3) is 117. The van der Waals surface area contributed by atoms with Crippen molar-refractivity contribution in [1.82, 2.24) is 36.2 Å². The van der Waals surface area contributed by atoms with Gasteiger partial charge in [0.1, 0.15) is 16.5 Å². The molecule has 5 aromatic carbocycles. The second kappa shape index (κ2) is 139. The maximum atomic E-state index is 11.5. The van der Waals surface area contributed by atoms with Gasteiger partial charge in [-0.3, -0.25) is 24.2 Å². The molecule has 0 saturated heterocycles. The van der Waals surface area contributed by atoms with Crippen LogP contribution in [0.1, 0.15) is 385 Å². The molecule has 2 heterocycles. The first-order valence-corrected chi connectivity index (χ1v) is 46.9. The van der Waals surface area contributed by atoms with E-state index in [2.05, 4.69) is 119 Å². The number of anilines is 2. The minimum Gasteiger partial charge on any atom is -0.376 e. The molecule has 700 valence electrons. The van der Waals surface area contributed by atoms with Crippen LogP contribution >= 0.6 is 12.2 Å². The Morgan fingerprint density at radius 1 is 0.361 bits per heavy atom. The Balaban J connectivity index is -0.0000000595. The van der Waals surface area contributed by atoms with Gasteiger partial charge in [0.05, 0.1) is 6.20 Å². The van der Waals surface area contributed by atoms with Crippen LogP contribution in [0, 0.1) is 35.0 Å². The molecule has 4 amide bonds. The van der Waals surface area contributed by atoms with Gasteiger partial charge < -0.3 is 31.9 Å². The maximum Gasteiger partial charge on any atom is 0.271 e. The molecule has 6 N–H and O–H groups in total. The molecule has 0 aliphatic carbocycles. The van der Waals surface area contributed by atoms with Crippen molar-refractivity contribution in [1.29, 1.82) is 0 Å². The third-order valence-corrected chi connectivity index (χ3v) is 11.5. The summed E-state index contributed by atoms with van der Waals surface area (Å²) >= 11 is 5.23. The number of para-hydroxylation sites is 1. The van der Waals surface area contributed by atoms with Crippen LogP contribution in [0.2, 0.25) is 0 Å². The van der Waals surface area contributed by atoms with Crippen molar-refractivity contribution >= 4 is 63.1 Å². The fraction of sp³-hybridized carbons (Fsp3) is 0.600. The number of carbonyl (C=O) groups is 4. The first-order chi connectivity index (χ1) is 57.0. The number of rotatable bonds is 18. The first kappa shape index (κ1) is 155. The van der Waals surface area contributed by atoms with Gasteiger partial charge in [-0.15, -0.1) is 0 Å². The average Bonchev–Trinajstić information content (AvgIpc) is 0.835. The predicted octanol–water partition coefficient (Wildman–Crippen LogP) is 33.0. The van der Waals surface area contributed by atoms with E-state index >= 15 is 0 Å². The second-order valence-corrected chi connectivity index (χ2v) is 23.0. The fourth-order valence-electron chi connectivity index (χ4n) is 6.68. The Morgan fingerprint density at radius 2 is 0.706 bits per heavy atom. The van der Waals surface area contributed by atoms with E-state index in [0.29, 0.717) is 54.8 Å². The van der Waals surface area contributed by atoms with E-state index in [1.807, 2.05) is 425 Å². The van der Waals surface area contributed by atoms with Crippen LogP contribution in [-0.2, 0) is 16.0 Å². The number of aromatic nitrogens is 3. The number of thiocarbonyl (C=S) groups is 1. The lowest BCUT2D eigenvalue weighted by molar-refractivity contribution is -0.128. The molecule has 2 aromatic heterocycles. The van der Waals surface area contributed by atoms with Crippen LogP contribution in [0.3, 0.4) is 0 Å². The Labute approximate surface area is 750 Å². The Morgan fingerprint density at radius 3 is 1.07 bits per heavy atom. The van der Waals surface area contributed by atoms with Crippen molar-refractivity contribution in [2.75, 3.05) is 43.4 Å². The number of carbonyl (C=O) groups excluding carboxylic acids is 4. The van der Waals surface area contributed by atoms with Crippen LogP contribution in [0.4, 0.5) is 11.5 Å². The van der Waals surface area contributed by atoms with E-state index in [1.165, 1.54) is 28.7 Å². The van der Waals surface area contributed by atoms with Gasteiger partial charge in [0.25, 0.3) is 11.8 Å². The van der Waals surface area contributed by atoms with E-state index in [0.717, 1.165) is 53.7 Å². The van der Waals surface area contributed by atoms with Crippen molar-refractivity contribution < 1.29 is 19.2 Å². The van der Waals surface area contributed by atoms with E-state index < -0.39 is 0 Å². The Kier molecular flexibility index (Phi) is 182. The van der Waals surface area contributed by atoms with Gasteiger partial charge in [-0.1, -0.05) is 480 Å². The normalized spacial score (nSPS) is 8.08. The van der Waals surface area contributed by atoms with Gasteiger partial charge in [0.2, 0.25) is 11.8 Å². The molecule has 0 atom stereocenters. The van der Waals surface area contributed by atoms with Gasteiger partial charge in [0.15, 0.2) is 0 Å². The quantitative estimate of drug-likeness (QED) is 0.0453. The van der Waals surface area contributed by atoms with Crippen LogP contribution in [0.15, 0.2) is 176 Å². The molecular weight excluding hydrogens is 1480 g/mol. The average molecular weight is 1690 g/mol. The smallest absolute Gasteiger partial charge is 0.271 e. The molecule has 0 saturated carbocycles. The summed E-state index contributed by atoms with van der Waals surface area (Å²) < 4.78 is 0. The van der Waals surface area contributed by atoms with Crippen LogP contribution in [0.25, 0.3) is 10.8 Å². The molecular formula is C105H205N9O4S. The molecule has 0 aliphatic heterocycles. The van der Waals surface area contributed by atoms with Gasteiger partial charge in [-0.2, -0.15) is 0 Å². The zero-order valence-corrected chi connectivity index (χ0v) is 87.8.